The first-order valence-corrected chi connectivity index (χ1v) is 11.3. The molecular weight excluding hydrogens is 513 g/mol. The molecule has 5 nitrogen and oxygen atoms in total. The number of imide groups is 1. The Kier molecular flexibility index (Phi) is 7.39. The summed E-state index contributed by atoms with van der Waals surface area (Å²) in [6.07, 6.45) is 1.67. The largest absolute Gasteiger partial charge is 0.493 e. The van der Waals surface area contributed by atoms with Crippen molar-refractivity contribution in [3.05, 3.63) is 60.9 Å². The minimum absolute atomic E-state index is 0.193. The summed E-state index contributed by atoms with van der Waals surface area (Å²) in [6.45, 7) is 3.87. The molecule has 0 atom stereocenters. The Balaban J connectivity index is 1.84. The average molecular weight is 531 g/mol. The van der Waals surface area contributed by atoms with E-state index in [2.05, 4.69) is 15.9 Å². The fourth-order valence-electron chi connectivity index (χ4n) is 2.82. The second-order valence-corrected chi connectivity index (χ2v) is 9.38. The van der Waals surface area contributed by atoms with E-state index in [1.165, 1.54) is 12.0 Å². The Bertz CT molecular complexity index is 1040. The van der Waals surface area contributed by atoms with E-state index in [-0.39, 0.29) is 23.8 Å². The lowest BCUT2D eigenvalue weighted by Gasteiger charge is -2.16. The van der Waals surface area contributed by atoms with Crippen molar-refractivity contribution in [3.63, 3.8) is 0 Å². The van der Waals surface area contributed by atoms with Crippen LogP contribution in [0.2, 0.25) is 10.0 Å². The Morgan fingerprint density at radius 1 is 1.17 bits per heavy atom. The molecule has 1 fully saturated rings. The Labute approximate surface area is 197 Å². The number of benzene rings is 2. The maximum atomic E-state index is 12.5. The zero-order valence-electron chi connectivity index (χ0n) is 16.4. The van der Waals surface area contributed by atoms with Gasteiger partial charge >= 0.3 is 0 Å². The second-order valence-electron chi connectivity index (χ2n) is 6.72. The molecule has 1 heterocycles. The van der Waals surface area contributed by atoms with E-state index in [1.807, 2.05) is 6.07 Å². The topological polar surface area (TPSA) is 55.8 Å². The lowest BCUT2D eigenvalue weighted by molar-refractivity contribution is -0.123. The minimum atomic E-state index is -0.296. The Hall–Kier alpha value is -1.67. The molecule has 0 N–H and O–H groups in total. The highest BCUT2D eigenvalue weighted by atomic mass is 79.9. The predicted molar refractivity (Wildman–Crippen MR) is 124 cm³/mol. The van der Waals surface area contributed by atoms with E-state index in [0.717, 1.165) is 17.3 Å². The first kappa shape index (κ1) is 23.0. The van der Waals surface area contributed by atoms with E-state index in [9.17, 15) is 9.59 Å². The molecule has 1 saturated heterocycles. The van der Waals surface area contributed by atoms with Gasteiger partial charge in [-0.3, -0.25) is 14.5 Å². The number of rotatable bonds is 6. The summed E-state index contributed by atoms with van der Waals surface area (Å²) in [7, 11) is 1.53. The lowest BCUT2D eigenvalue weighted by atomic mass is 10.1. The van der Waals surface area contributed by atoms with Crippen LogP contribution in [-0.2, 0) is 11.4 Å². The highest BCUT2D eigenvalue weighted by Gasteiger charge is 2.36. The van der Waals surface area contributed by atoms with Gasteiger partial charge in [-0.05, 0) is 83.0 Å². The van der Waals surface area contributed by atoms with Gasteiger partial charge in [-0.1, -0.05) is 29.3 Å². The quantitative estimate of drug-likeness (QED) is 0.385. The number of hydrogen-bond acceptors (Lipinski definition) is 5. The number of carbonyl (C=O) groups is 2. The van der Waals surface area contributed by atoms with Gasteiger partial charge in [0.15, 0.2) is 11.5 Å². The molecule has 3 rings (SSSR count). The minimum Gasteiger partial charge on any atom is -0.493 e. The Morgan fingerprint density at radius 3 is 2.50 bits per heavy atom. The smallest absolute Gasteiger partial charge is 0.293 e. The second kappa shape index (κ2) is 9.64. The molecule has 0 radical (unpaired) electrons. The molecule has 0 bridgehead atoms. The molecule has 0 saturated carbocycles. The van der Waals surface area contributed by atoms with Gasteiger partial charge in [0.05, 0.1) is 26.5 Å². The molecule has 0 aliphatic carbocycles. The maximum Gasteiger partial charge on any atom is 0.293 e. The number of carbonyl (C=O) groups excluding carboxylic acids is 2. The number of thioether (sulfide) groups is 1. The van der Waals surface area contributed by atoms with Crippen LogP contribution in [0.4, 0.5) is 4.79 Å². The summed E-state index contributed by atoms with van der Waals surface area (Å²) < 4.78 is 12.0. The van der Waals surface area contributed by atoms with Crippen molar-refractivity contribution in [1.29, 1.82) is 0 Å². The SMILES string of the molecule is COc1cc(/C=C2\SC(=O)N(C(C)C)C2=O)cc(Br)c1OCc1ccc(Cl)c(Cl)c1. The summed E-state index contributed by atoms with van der Waals surface area (Å²) in [5.74, 6) is 0.699. The van der Waals surface area contributed by atoms with Crippen molar-refractivity contribution >= 4 is 68.1 Å². The number of hydrogen-bond donors (Lipinski definition) is 0. The highest BCUT2D eigenvalue weighted by Crippen LogP contribution is 2.40. The van der Waals surface area contributed by atoms with Crippen molar-refractivity contribution in [3.8, 4) is 11.5 Å². The number of halogens is 3. The molecule has 158 valence electrons. The Morgan fingerprint density at radius 2 is 1.90 bits per heavy atom. The van der Waals surface area contributed by atoms with E-state index >= 15 is 0 Å². The maximum absolute atomic E-state index is 12.5. The van der Waals surface area contributed by atoms with Gasteiger partial charge in [-0.25, -0.2) is 0 Å². The van der Waals surface area contributed by atoms with Crippen LogP contribution >= 0.6 is 50.9 Å². The van der Waals surface area contributed by atoms with Gasteiger partial charge in [0.2, 0.25) is 0 Å². The summed E-state index contributed by atoms with van der Waals surface area (Å²) in [5.41, 5.74) is 1.56. The van der Waals surface area contributed by atoms with Crippen LogP contribution in [0.5, 0.6) is 11.5 Å². The molecule has 30 heavy (non-hydrogen) atoms. The standard InChI is InChI=1S/C21H18BrCl2NO4S/c1-11(2)25-20(26)18(30-21(25)27)9-13-6-14(22)19(17(8-13)28-3)29-10-12-4-5-15(23)16(24)7-12/h4-9,11H,10H2,1-3H3/b18-9-. The number of methoxy groups -OCH3 is 1. The van der Waals surface area contributed by atoms with Gasteiger partial charge in [0, 0.05) is 6.04 Å². The summed E-state index contributed by atoms with van der Waals surface area (Å²) in [5, 5.41) is 0.661. The number of ether oxygens (including phenoxy) is 2. The number of nitrogens with zero attached hydrogens (tertiary/aromatic N) is 1. The molecule has 1 aliphatic rings. The molecule has 2 aromatic rings. The van der Waals surface area contributed by atoms with Crippen molar-refractivity contribution < 1.29 is 19.1 Å². The van der Waals surface area contributed by atoms with Crippen molar-refractivity contribution in [2.45, 2.75) is 26.5 Å². The zero-order valence-corrected chi connectivity index (χ0v) is 20.3. The van der Waals surface area contributed by atoms with E-state index in [4.69, 9.17) is 32.7 Å². The summed E-state index contributed by atoms with van der Waals surface area (Å²) in [6, 6.07) is 8.63. The van der Waals surface area contributed by atoms with Crippen LogP contribution < -0.4 is 9.47 Å². The van der Waals surface area contributed by atoms with E-state index in [0.29, 0.717) is 36.5 Å². The summed E-state index contributed by atoms with van der Waals surface area (Å²) in [4.78, 5) is 26.2. The van der Waals surface area contributed by atoms with Crippen molar-refractivity contribution in [2.75, 3.05) is 7.11 Å². The molecule has 0 unspecified atom stereocenters. The van der Waals surface area contributed by atoms with Crippen molar-refractivity contribution in [1.82, 2.24) is 4.90 Å². The fourth-order valence-corrected chi connectivity index (χ4v) is 4.68. The van der Waals surface area contributed by atoms with Crippen LogP contribution in [0.1, 0.15) is 25.0 Å². The zero-order chi connectivity index (χ0) is 22.0. The average Bonchev–Trinajstić information content (AvgIpc) is 2.96. The normalized spacial score (nSPS) is 15.4. The number of amides is 2. The van der Waals surface area contributed by atoms with Gasteiger partial charge in [-0.15, -0.1) is 0 Å². The van der Waals surface area contributed by atoms with Gasteiger partial charge in [-0.2, -0.15) is 0 Å². The monoisotopic (exact) mass is 529 g/mol. The van der Waals surface area contributed by atoms with Crippen LogP contribution in [0.3, 0.4) is 0 Å². The first-order valence-electron chi connectivity index (χ1n) is 8.92. The third kappa shape index (κ3) is 4.97. The van der Waals surface area contributed by atoms with Gasteiger partial charge in [0.25, 0.3) is 11.1 Å². The van der Waals surface area contributed by atoms with Crippen LogP contribution in [-0.4, -0.2) is 29.2 Å². The van der Waals surface area contributed by atoms with Crippen LogP contribution in [0, 0.1) is 0 Å². The molecule has 0 spiro atoms. The highest BCUT2D eigenvalue weighted by molar-refractivity contribution is 9.10. The lowest BCUT2D eigenvalue weighted by Crippen LogP contribution is -2.34. The predicted octanol–water partition coefficient (Wildman–Crippen LogP) is 6.79. The molecule has 1 aliphatic heterocycles. The third-order valence-corrected chi connectivity index (χ3v) is 6.47. The van der Waals surface area contributed by atoms with Crippen molar-refractivity contribution in [2.24, 2.45) is 0 Å². The molecular formula is C21H18BrCl2NO4S. The van der Waals surface area contributed by atoms with E-state index in [1.54, 1.807) is 44.2 Å². The van der Waals surface area contributed by atoms with Crippen LogP contribution in [0.25, 0.3) is 6.08 Å². The first-order chi connectivity index (χ1) is 14.2. The van der Waals surface area contributed by atoms with Gasteiger partial charge < -0.3 is 9.47 Å². The summed E-state index contributed by atoms with van der Waals surface area (Å²) >= 11 is 16.4. The molecule has 9 heteroatoms. The molecule has 2 aromatic carbocycles. The molecule has 2 amide bonds. The van der Waals surface area contributed by atoms with E-state index < -0.39 is 0 Å². The molecule has 0 aromatic heterocycles. The third-order valence-electron chi connectivity index (χ3n) is 4.26. The van der Waals surface area contributed by atoms with Crippen LogP contribution in [0.15, 0.2) is 39.7 Å². The van der Waals surface area contributed by atoms with Gasteiger partial charge in [0.1, 0.15) is 6.61 Å². The fraction of sp³-hybridized carbons (Fsp3) is 0.238.